The molecule has 0 N–H and O–H groups in total. The molecule has 0 saturated carbocycles. The fourth-order valence-corrected chi connectivity index (χ4v) is 7.31. The molecule has 2 saturated heterocycles. The minimum Gasteiger partial charge on any atom is -0.365 e. The molecule has 174 valence electrons. The van der Waals surface area contributed by atoms with E-state index in [9.17, 15) is 13.2 Å². The number of rotatable bonds is 4. The summed E-state index contributed by atoms with van der Waals surface area (Å²) in [6.07, 6.45) is 0.616. The third-order valence-corrected chi connectivity index (χ3v) is 9.11. The van der Waals surface area contributed by atoms with Crippen molar-refractivity contribution in [1.29, 1.82) is 0 Å². The zero-order chi connectivity index (χ0) is 23.2. The van der Waals surface area contributed by atoms with Crippen molar-refractivity contribution < 1.29 is 13.2 Å². The number of carbonyl (C=O) groups excluding carboxylic acids is 1. The number of aryl methyl sites for hydroxylation is 1. The highest BCUT2D eigenvalue weighted by Gasteiger charge is 2.33. The molecular formula is C23H27N5O3S2. The first-order valence-corrected chi connectivity index (χ1v) is 13.8. The first-order chi connectivity index (χ1) is 15.8. The first-order valence-electron chi connectivity index (χ1n) is 11.1. The Morgan fingerprint density at radius 2 is 1.82 bits per heavy atom. The molecule has 1 aromatic carbocycles. The minimum absolute atomic E-state index is 0.0339. The summed E-state index contributed by atoms with van der Waals surface area (Å²) in [7, 11) is -2.97. The van der Waals surface area contributed by atoms with Gasteiger partial charge in [0.05, 0.1) is 34.6 Å². The lowest BCUT2D eigenvalue weighted by atomic mass is 10.2. The molecule has 2 aliphatic rings. The SMILES string of the molecule is Cc1nn([C@H]2CCS(=O)(=O)C2)c(C)c1N1CCN(C(=O)c2csc(-c3ccccc3)n2)CC1. The number of hydrogen-bond donors (Lipinski definition) is 0. The van der Waals surface area contributed by atoms with Crippen molar-refractivity contribution in [3.63, 3.8) is 0 Å². The third-order valence-electron chi connectivity index (χ3n) is 6.47. The van der Waals surface area contributed by atoms with Gasteiger partial charge in [-0.1, -0.05) is 30.3 Å². The zero-order valence-corrected chi connectivity index (χ0v) is 20.4. The summed E-state index contributed by atoms with van der Waals surface area (Å²) in [5, 5.41) is 7.38. The van der Waals surface area contributed by atoms with Crippen molar-refractivity contribution in [3.05, 3.63) is 52.8 Å². The Morgan fingerprint density at radius 1 is 1.09 bits per heavy atom. The average molecular weight is 486 g/mol. The van der Waals surface area contributed by atoms with Crippen molar-refractivity contribution in [1.82, 2.24) is 19.7 Å². The second-order valence-corrected chi connectivity index (χ2v) is 11.8. The van der Waals surface area contributed by atoms with E-state index in [1.165, 1.54) is 11.3 Å². The highest BCUT2D eigenvalue weighted by atomic mass is 32.2. The normalized spacial score (nSPS) is 20.4. The highest BCUT2D eigenvalue weighted by Crippen LogP contribution is 2.32. The maximum Gasteiger partial charge on any atom is 0.273 e. The van der Waals surface area contributed by atoms with Crippen LogP contribution in [0.2, 0.25) is 0 Å². The van der Waals surface area contributed by atoms with Gasteiger partial charge in [0.2, 0.25) is 0 Å². The minimum atomic E-state index is -2.97. The van der Waals surface area contributed by atoms with Crippen LogP contribution in [-0.4, -0.2) is 71.7 Å². The Kier molecular flexibility index (Phi) is 5.74. The molecule has 0 radical (unpaired) electrons. The number of thiazole rings is 1. The van der Waals surface area contributed by atoms with Crippen LogP contribution in [0.15, 0.2) is 35.7 Å². The number of benzene rings is 1. The molecule has 2 aromatic heterocycles. The number of amides is 1. The van der Waals surface area contributed by atoms with E-state index in [0.717, 1.165) is 27.6 Å². The zero-order valence-electron chi connectivity index (χ0n) is 18.8. The first kappa shape index (κ1) is 22.1. The molecule has 10 heteroatoms. The fourth-order valence-electron chi connectivity index (χ4n) is 4.82. The molecule has 3 aromatic rings. The molecule has 2 fully saturated rings. The molecule has 5 rings (SSSR count). The predicted molar refractivity (Wildman–Crippen MR) is 130 cm³/mol. The van der Waals surface area contributed by atoms with Gasteiger partial charge in [0.15, 0.2) is 9.84 Å². The van der Waals surface area contributed by atoms with Gasteiger partial charge < -0.3 is 9.80 Å². The summed E-state index contributed by atoms with van der Waals surface area (Å²) in [5.41, 5.74) is 4.48. The van der Waals surface area contributed by atoms with Crippen LogP contribution in [0.25, 0.3) is 10.6 Å². The lowest BCUT2D eigenvalue weighted by molar-refractivity contribution is 0.0741. The van der Waals surface area contributed by atoms with E-state index in [1.54, 1.807) is 0 Å². The monoisotopic (exact) mass is 485 g/mol. The van der Waals surface area contributed by atoms with Crippen LogP contribution < -0.4 is 4.90 Å². The summed E-state index contributed by atoms with van der Waals surface area (Å²) in [6, 6.07) is 9.80. The van der Waals surface area contributed by atoms with Crippen LogP contribution in [0.3, 0.4) is 0 Å². The summed E-state index contributed by atoms with van der Waals surface area (Å²) >= 11 is 1.49. The Labute approximate surface area is 197 Å². The molecule has 0 bridgehead atoms. The number of anilines is 1. The second kappa shape index (κ2) is 8.57. The Morgan fingerprint density at radius 3 is 2.48 bits per heavy atom. The van der Waals surface area contributed by atoms with E-state index >= 15 is 0 Å². The number of aromatic nitrogens is 3. The van der Waals surface area contributed by atoms with E-state index in [-0.39, 0.29) is 23.5 Å². The lowest BCUT2D eigenvalue weighted by Crippen LogP contribution is -2.49. The molecule has 0 aliphatic carbocycles. The Hall–Kier alpha value is -2.72. The van der Waals surface area contributed by atoms with Gasteiger partial charge in [-0.2, -0.15) is 5.10 Å². The summed E-state index contributed by atoms with van der Waals surface area (Å²) < 4.78 is 25.7. The van der Waals surface area contributed by atoms with Gasteiger partial charge in [0, 0.05) is 37.1 Å². The molecule has 0 unspecified atom stereocenters. The lowest BCUT2D eigenvalue weighted by Gasteiger charge is -2.36. The van der Waals surface area contributed by atoms with Crippen LogP contribution in [0.5, 0.6) is 0 Å². The van der Waals surface area contributed by atoms with Crippen molar-refractivity contribution in [2.75, 3.05) is 42.6 Å². The highest BCUT2D eigenvalue weighted by molar-refractivity contribution is 7.91. The number of sulfone groups is 1. The van der Waals surface area contributed by atoms with Gasteiger partial charge in [-0.3, -0.25) is 9.48 Å². The van der Waals surface area contributed by atoms with E-state index in [4.69, 9.17) is 0 Å². The van der Waals surface area contributed by atoms with Crippen molar-refractivity contribution in [3.8, 4) is 10.6 Å². The van der Waals surface area contributed by atoms with Crippen LogP contribution in [-0.2, 0) is 9.84 Å². The summed E-state index contributed by atoms with van der Waals surface area (Å²) in [5.74, 6) is 0.359. The van der Waals surface area contributed by atoms with E-state index < -0.39 is 9.84 Å². The quantitative estimate of drug-likeness (QED) is 0.565. The third kappa shape index (κ3) is 4.29. The van der Waals surface area contributed by atoms with Crippen molar-refractivity contribution in [2.45, 2.75) is 26.3 Å². The van der Waals surface area contributed by atoms with Crippen LogP contribution in [0.4, 0.5) is 5.69 Å². The van der Waals surface area contributed by atoms with Gasteiger partial charge in [0.25, 0.3) is 5.91 Å². The largest absolute Gasteiger partial charge is 0.365 e. The van der Waals surface area contributed by atoms with Crippen molar-refractivity contribution in [2.24, 2.45) is 0 Å². The Bertz CT molecular complexity index is 1270. The molecule has 8 nitrogen and oxygen atoms in total. The predicted octanol–water partition coefficient (Wildman–Crippen LogP) is 2.95. The van der Waals surface area contributed by atoms with Crippen LogP contribution >= 0.6 is 11.3 Å². The number of carbonyl (C=O) groups is 1. The molecule has 1 amide bonds. The second-order valence-electron chi connectivity index (χ2n) is 8.70. The van der Waals surface area contributed by atoms with Crippen LogP contribution in [0, 0.1) is 13.8 Å². The molecule has 1 atom stereocenters. The van der Waals surface area contributed by atoms with Crippen LogP contribution in [0.1, 0.15) is 34.3 Å². The standard InChI is InChI=1S/C23H27N5O3S2/c1-16-21(17(2)28(25-16)19-8-13-33(30,31)15-19)26-9-11-27(12-10-26)23(29)20-14-32-22(24-20)18-6-4-3-5-7-18/h3-7,14,19H,8-13,15H2,1-2H3/t19-/m0/s1. The van der Waals surface area contributed by atoms with E-state index in [0.29, 0.717) is 38.3 Å². The summed E-state index contributed by atoms with van der Waals surface area (Å²) in [6.45, 7) is 6.62. The average Bonchev–Trinajstić information content (AvgIpc) is 3.51. The number of piperazine rings is 1. The molecule has 33 heavy (non-hydrogen) atoms. The Balaban J connectivity index is 1.26. The topological polar surface area (TPSA) is 88.4 Å². The molecule has 4 heterocycles. The smallest absolute Gasteiger partial charge is 0.273 e. The van der Waals surface area contributed by atoms with Crippen molar-refractivity contribution >= 4 is 32.8 Å². The van der Waals surface area contributed by atoms with E-state index in [2.05, 4.69) is 15.0 Å². The van der Waals surface area contributed by atoms with Gasteiger partial charge >= 0.3 is 0 Å². The molecule has 0 spiro atoms. The maximum atomic E-state index is 13.0. The van der Waals surface area contributed by atoms with Gasteiger partial charge in [-0.25, -0.2) is 13.4 Å². The molecular weight excluding hydrogens is 458 g/mol. The van der Waals surface area contributed by atoms with Gasteiger partial charge in [0.1, 0.15) is 10.7 Å². The van der Waals surface area contributed by atoms with Gasteiger partial charge in [-0.15, -0.1) is 11.3 Å². The number of nitrogens with zero attached hydrogens (tertiary/aromatic N) is 5. The fraction of sp³-hybridized carbons (Fsp3) is 0.435. The summed E-state index contributed by atoms with van der Waals surface area (Å²) in [4.78, 5) is 21.7. The molecule has 2 aliphatic heterocycles. The van der Waals surface area contributed by atoms with E-state index in [1.807, 2.05) is 59.1 Å². The maximum absolute atomic E-state index is 13.0. The number of hydrogen-bond acceptors (Lipinski definition) is 7. The van der Waals surface area contributed by atoms with Gasteiger partial charge in [-0.05, 0) is 20.3 Å².